The van der Waals surface area contributed by atoms with Crippen LogP contribution in [0.3, 0.4) is 0 Å². The molecule has 3 aromatic heterocycles. The van der Waals surface area contributed by atoms with Crippen molar-refractivity contribution in [1.29, 1.82) is 0 Å². The number of nitrogen functional groups attached to an aromatic ring is 1. The fourth-order valence-corrected chi connectivity index (χ4v) is 3.45. The zero-order valence-electron chi connectivity index (χ0n) is 15.8. The molecule has 4 heterocycles. The van der Waals surface area contributed by atoms with Crippen molar-refractivity contribution in [3.8, 4) is 23.0 Å². The summed E-state index contributed by atoms with van der Waals surface area (Å²) in [6.45, 7) is 7.96. The maximum absolute atomic E-state index is 5.88. The fraction of sp³-hybridized carbons (Fsp3) is 0.421. The molecule has 1 aliphatic heterocycles. The predicted molar refractivity (Wildman–Crippen MR) is 102 cm³/mol. The molecular weight excluding hydrogens is 342 g/mol. The van der Waals surface area contributed by atoms with E-state index in [2.05, 4.69) is 44.3 Å². The van der Waals surface area contributed by atoms with Crippen LogP contribution in [0.1, 0.15) is 36.4 Å². The van der Waals surface area contributed by atoms with Crippen LogP contribution in [0.15, 0.2) is 16.8 Å². The van der Waals surface area contributed by atoms with Crippen LogP contribution < -0.4 is 11.1 Å². The third-order valence-corrected chi connectivity index (χ3v) is 4.62. The Hall–Kier alpha value is -2.87. The number of pyridine rings is 1. The van der Waals surface area contributed by atoms with Gasteiger partial charge in [-0.05, 0) is 49.4 Å². The first kappa shape index (κ1) is 17.5. The summed E-state index contributed by atoms with van der Waals surface area (Å²) in [7, 11) is 0. The zero-order valence-corrected chi connectivity index (χ0v) is 15.8. The Morgan fingerprint density at radius 2 is 2.11 bits per heavy atom. The highest BCUT2D eigenvalue weighted by atomic mass is 16.5. The van der Waals surface area contributed by atoms with Gasteiger partial charge in [0.25, 0.3) is 5.89 Å². The number of fused-ring (bicyclic) bond motifs is 1. The van der Waals surface area contributed by atoms with Gasteiger partial charge in [-0.1, -0.05) is 19.0 Å². The molecule has 4 rings (SSSR count). The second kappa shape index (κ2) is 7.03. The molecule has 140 valence electrons. The summed E-state index contributed by atoms with van der Waals surface area (Å²) in [4.78, 5) is 17.7. The van der Waals surface area contributed by atoms with E-state index in [4.69, 9.17) is 10.3 Å². The van der Waals surface area contributed by atoms with Crippen LogP contribution in [0.5, 0.6) is 0 Å². The van der Waals surface area contributed by atoms with E-state index in [0.717, 1.165) is 42.9 Å². The van der Waals surface area contributed by atoms with Crippen molar-refractivity contribution in [3.05, 3.63) is 34.8 Å². The predicted octanol–water partition coefficient (Wildman–Crippen LogP) is 2.32. The molecule has 3 aromatic rings. The number of anilines is 1. The summed E-state index contributed by atoms with van der Waals surface area (Å²) >= 11 is 0. The quantitative estimate of drug-likeness (QED) is 0.724. The van der Waals surface area contributed by atoms with Gasteiger partial charge in [0.2, 0.25) is 11.8 Å². The van der Waals surface area contributed by atoms with Gasteiger partial charge in [0.15, 0.2) is 0 Å². The molecule has 1 aliphatic rings. The van der Waals surface area contributed by atoms with Gasteiger partial charge in [0.05, 0.1) is 0 Å². The van der Waals surface area contributed by atoms with E-state index in [9.17, 15) is 0 Å². The number of nitrogens with two attached hydrogens (primary N) is 1. The third kappa shape index (κ3) is 3.52. The van der Waals surface area contributed by atoms with E-state index >= 15 is 0 Å². The first-order valence-electron chi connectivity index (χ1n) is 9.17. The Morgan fingerprint density at radius 3 is 2.93 bits per heavy atom. The molecule has 0 saturated carbocycles. The number of nitrogens with one attached hydrogen (secondary N) is 1. The second-order valence-corrected chi connectivity index (χ2v) is 7.27. The molecule has 0 aromatic carbocycles. The highest BCUT2D eigenvalue weighted by Crippen LogP contribution is 2.30. The highest BCUT2D eigenvalue weighted by molar-refractivity contribution is 5.66. The summed E-state index contributed by atoms with van der Waals surface area (Å²) in [5.74, 6) is 1.55. The molecule has 0 bridgehead atoms. The maximum atomic E-state index is 5.88. The van der Waals surface area contributed by atoms with E-state index in [1.807, 2.05) is 19.2 Å². The molecule has 0 radical (unpaired) electrons. The lowest BCUT2D eigenvalue weighted by Crippen LogP contribution is -2.24. The molecular formula is C19H23N7O. The van der Waals surface area contributed by atoms with E-state index < -0.39 is 0 Å². The van der Waals surface area contributed by atoms with Gasteiger partial charge >= 0.3 is 0 Å². The second-order valence-electron chi connectivity index (χ2n) is 7.27. The van der Waals surface area contributed by atoms with Crippen molar-refractivity contribution in [2.75, 3.05) is 12.3 Å². The number of nitrogens with zero attached hydrogens (tertiary/aromatic N) is 5. The minimum absolute atomic E-state index is 0.212. The van der Waals surface area contributed by atoms with E-state index in [0.29, 0.717) is 23.3 Å². The molecule has 0 fully saturated rings. The molecule has 27 heavy (non-hydrogen) atoms. The molecule has 0 unspecified atom stereocenters. The number of rotatable bonds is 4. The Labute approximate surface area is 157 Å². The van der Waals surface area contributed by atoms with Gasteiger partial charge in [-0.25, -0.2) is 9.97 Å². The molecule has 8 nitrogen and oxygen atoms in total. The topological polar surface area (TPSA) is 116 Å². The Kier molecular flexibility index (Phi) is 4.57. The first-order chi connectivity index (χ1) is 13.0. The summed E-state index contributed by atoms with van der Waals surface area (Å²) < 4.78 is 5.52. The van der Waals surface area contributed by atoms with Gasteiger partial charge in [-0.3, -0.25) is 4.98 Å². The summed E-state index contributed by atoms with van der Waals surface area (Å²) in [5.41, 5.74) is 11.6. The number of hydrogen-bond donors (Lipinski definition) is 2. The molecule has 0 aliphatic carbocycles. The molecule has 0 saturated heterocycles. The monoisotopic (exact) mass is 365 g/mol. The maximum Gasteiger partial charge on any atom is 0.277 e. The molecule has 8 heteroatoms. The average molecular weight is 365 g/mol. The Balaban J connectivity index is 1.74. The lowest BCUT2D eigenvalue weighted by molar-refractivity contribution is 0.430. The van der Waals surface area contributed by atoms with Crippen molar-refractivity contribution in [3.63, 3.8) is 0 Å². The van der Waals surface area contributed by atoms with Crippen LogP contribution >= 0.6 is 0 Å². The van der Waals surface area contributed by atoms with Gasteiger partial charge in [0.1, 0.15) is 5.69 Å². The summed E-state index contributed by atoms with van der Waals surface area (Å²) in [5, 5.41) is 7.57. The van der Waals surface area contributed by atoms with Crippen molar-refractivity contribution >= 4 is 5.95 Å². The summed E-state index contributed by atoms with van der Waals surface area (Å²) in [6.07, 6.45) is 3.64. The van der Waals surface area contributed by atoms with Gasteiger partial charge in [-0.15, -0.1) is 0 Å². The van der Waals surface area contributed by atoms with E-state index in [1.165, 1.54) is 11.1 Å². The number of hydrogen-bond acceptors (Lipinski definition) is 8. The van der Waals surface area contributed by atoms with Crippen molar-refractivity contribution < 1.29 is 4.52 Å². The van der Waals surface area contributed by atoms with Crippen LogP contribution in [0.4, 0.5) is 5.95 Å². The first-order valence-corrected chi connectivity index (χ1v) is 9.17. The third-order valence-electron chi connectivity index (χ3n) is 4.62. The van der Waals surface area contributed by atoms with Crippen molar-refractivity contribution in [2.45, 2.75) is 40.2 Å². The largest absolute Gasteiger partial charge is 0.368 e. The Bertz CT molecular complexity index is 980. The van der Waals surface area contributed by atoms with Crippen LogP contribution in [0, 0.1) is 12.8 Å². The lowest BCUT2D eigenvalue weighted by atomic mass is 9.95. The summed E-state index contributed by atoms with van der Waals surface area (Å²) in [6, 6.07) is 1.86. The normalized spacial score (nSPS) is 13.8. The molecule has 0 atom stereocenters. The van der Waals surface area contributed by atoms with Crippen LogP contribution in [-0.4, -0.2) is 31.6 Å². The molecule has 0 spiro atoms. The smallest absolute Gasteiger partial charge is 0.277 e. The van der Waals surface area contributed by atoms with Crippen molar-refractivity contribution in [2.24, 2.45) is 5.92 Å². The Morgan fingerprint density at radius 1 is 1.26 bits per heavy atom. The minimum atomic E-state index is 0.212. The van der Waals surface area contributed by atoms with E-state index in [1.54, 1.807) is 0 Å². The SMILES string of the molecule is Cc1ncc2c(c1-c1noc(-c3cc(CC(C)C)nc(N)n3)n1)CCNC2. The van der Waals surface area contributed by atoms with Crippen LogP contribution in [0.2, 0.25) is 0 Å². The van der Waals surface area contributed by atoms with Gasteiger partial charge in [-0.2, -0.15) is 4.98 Å². The fourth-order valence-electron chi connectivity index (χ4n) is 3.45. The van der Waals surface area contributed by atoms with Crippen molar-refractivity contribution in [1.82, 2.24) is 30.4 Å². The highest BCUT2D eigenvalue weighted by Gasteiger charge is 2.22. The lowest BCUT2D eigenvalue weighted by Gasteiger charge is -2.19. The van der Waals surface area contributed by atoms with Crippen LogP contribution in [0.25, 0.3) is 23.0 Å². The zero-order chi connectivity index (χ0) is 19.0. The molecule has 3 N–H and O–H groups in total. The number of aryl methyl sites for hydroxylation is 1. The average Bonchev–Trinajstić information content (AvgIpc) is 3.10. The number of aromatic nitrogens is 5. The standard InChI is InChI=1S/C19H23N7O/c1-10(2)6-13-7-15(24-19(20)23-13)18-25-17(26-27-18)16-11(3)22-9-12-8-21-5-4-14(12)16/h7,9-10,21H,4-6,8H2,1-3H3,(H2,20,23,24). The van der Waals surface area contributed by atoms with E-state index in [-0.39, 0.29) is 5.95 Å². The van der Waals surface area contributed by atoms with Crippen LogP contribution in [-0.2, 0) is 19.4 Å². The minimum Gasteiger partial charge on any atom is -0.368 e. The van der Waals surface area contributed by atoms with Gasteiger partial charge < -0.3 is 15.6 Å². The molecule has 0 amide bonds. The van der Waals surface area contributed by atoms with Gasteiger partial charge in [0, 0.05) is 29.7 Å².